The lowest BCUT2D eigenvalue weighted by atomic mass is 10.1. The second-order valence-electron chi connectivity index (χ2n) is 6.81. The molecular formula is C14H26N2O3. The van der Waals surface area contributed by atoms with E-state index in [1.54, 1.807) is 4.90 Å². The van der Waals surface area contributed by atoms with Crippen molar-refractivity contribution in [3.63, 3.8) is 0 Å². The van der Waals surface area contributed by atoms with Crippen LogP contribution < -0.4 is 0 Å². The van der Waals surface area contributed by atoms with Gasteiger partial charge in [-0.2, -0.15) is 0 Å². The van der Waals surface area contributed by atoms with Gasteiger partial charge < -0.3 is 14.4 Å². The number of nitrogens with zero attached hydrogens (tertiary/aromatic N) is 2. The molecule has 2 aliphatic heterocycles. The highest BCUT2D eigenvalue weighted by Gasteiger charge is 2.38. The van der Waals surface area contributed by atoms with Crippen LogP contribution in [0.3, 0.4) is 0 Å². The van der Waals surface area contributed by atoms with Crippen molar-refractivity contribution >= 4 is 6.09 Å². The van der Waals surface area contributed by atoms with E-state index in [2.05, 4.69) is 18.7 Å². The first kappa shape index (κ1) is 14.6. The van der Waals surface area contributed by atoms with E-state index in [4.69, 9.17) is 9.47 Å². The van der Waals surface area contributed by atoms with Crippen LogP contribution in [0.15, 0.2) is 0 Å². The van der Waals surface area contributed by atoms with E-state index in [0.717, 1.165) is 13.1 Å². The number of amides is 1. The Morgan fingerprint density at radius 1 is 1.16 bits per heavy atom. The summed E-state index contributed by atoms with van der Waals surface area (Å²) in [5, 5.41) is 0. The van der Waals surface area contributed by atoms with Gasteiger partial charge in [-0.1, -0.05) is 0 Å². The van der Waals surface area contributed by atoms with Crippen molar-refractivity contribution in [3.05, 3.63) is 0 Å². The molecule has 2 unspecified atom stereocenters. The lowest BCUT2D eigenvalue weighted by Gasteiger charge is -2.46. The molecule has 1 amide bonds. The average Bonchev–Trinajstić information content (AvgIpc) is 2.25. The van der Waals surface area contributed by atoms with Gasteiger partial charge in [-0.3, -0.25) is 4.90 Å². The molecule has 5 heteroatoms. The maximum atomic E-state index is 12.1. The number of carbonyl (C=O) groups excluding carboxylic acids is 1. The molecule has 110 valence electrons. The molecule has 0 aromatic heterocycles. The summed E-state index contributed by atoms with van der Waals surface area (Å²) in [7, 11) is 0. The zero-order valence-electron chi connectivity index (χ0n) is 12.7. The fourth-order valence-electron chi connectivity index (χ4n) is 2.62. The van der Waals surface area contributed by atoms with E-state index in [9.17, 15) is 4.79 Å². The second kappa shape index (κ2) is 5.29. The lowest BCUT2D eigenvalue weighted by Crippen LogP contribution is -2.61. The van der Waals surface area contributed by atoms with Gasteiger partial charge >= 0.3 is 6.09 Å². The van der Waals surface area contributed by atoms with Crippen LogP contribution in [-0.4, -0.2) is 65.9 Å². The summed E-state index contributed by atoms with van der Waals surface area (Å²) in [6.07, 6.45) is 0.00799. The average molecular weight is 270 g/mol. The van der Waals surface area contributed by atoms with Gasteiger partial charge in [0.05, 0.1) is 25.3 Å². The molecule has 5 nitrogen and oxygen atoms in total. The Balaban J connectivity index is 1.94. The molecular weight excluding hydrogens is 244 g/mol. The third kappa shape index (κ3) is 3.83. The maximum absolute atomic E-state index is 12.1. The minimum atomic E-state index is -0.436. The number of carbonyl (C=O) groups is 1. The van der Waals surface area contributed by atoms with Gasteiger partial charge in [-0.25, -0.2) is 4.79 Å². The van der Waals surface area contributed by atoms with Crippen molar-refractivity contribution in [3.8, 4) is 0 Å². The summed E-state index contributed by atoms with van der Waals surface area (Å²) in [5.74, 6) is 0. The highest BCUT2D eigenvalue weighted by Crippen LogP contribution is 2.22. The first-order valence-electron chi connectivity index (χ1n) is 7.12. The fraction of sp³-hybridized carbons (Fsp3) is 0.929. The molecule has 0 aliphatic carbocycles. The SMILES string of the molecule is CC(C)N1CC2CN(C(=O)OC(C)(C)C)CC(C1)O2. The van der Waals surface area contributed by atoms with Crippen LogP contribution in [-0.2, 0) is 9.47 Å². The minimum absolute atomic E-state index is 0.113. The minimum Gasteiger partial charge on any atom is -0.444 e. The normalized spacial score (nSPS) is 28.6. The topological polar surface area (TPSA) is 42.0 Å². The predicted octanol–water partition coefficient (Wildman–Crippen LogP) is 1.71. The van der Waals surface area contributed by atoms with Gasteiger partial charge in [-0.15, -0.1) is 0 Å². The number of fused-ring (bicyclic) bond motifs is 2. The Morgan fingerprint density at radius 2 is 1.68 bits per heavy atom. The van der Waals surface area contributed by atoms with Gasteiger partial charge in [-0.05, 0) is 34.6 Å². The fourth-order valence-corrected chi connectivity index (χ4v) is 2.62. The first-order chi connectivity index (χ1) is 8.74. The molecule has 2 bridgehead atoms. The smallest absolute Gasteiger partial charge is 0.410 e. The molecule has 0 aromatic carbocycles. The third-order valence-electron chi connectivity index (χ3n) is 3.49. The highest BCUT2D eigenvalue weighted by atomic mass is 16.6. The molecule has 2 saturated heterocycles. The molecule has 0 aromatic rings. The monoisotopic (exact) mass is 270 g/mol. The van der Waals surface area contributed by atoms with Crippen LogP contribution in [0.5, 0.6) is 0 Å². The summed E-state index contributed by atoms with van der Waals surface area (Å²) in [4.78, 5) is 16.3. The largest absolute Gasteiger partial charge is 0.444 e. The maximum Gasteiger partial charge on any atom is 0.410 e. The Bertz CT molecular complexity index is 324. The molecule has 2 aliphatic rings. The lowest BCUT2D eigenvalue weighted by molar-refractivity contribution is -0.141. The molecule has 19 heavy (non-hydrogen) atoms. The molecule has 2 heterocycles. The van der Waals surface area contributed by atoms with E-state index in [-0.39, 0.29) is 18.3 Å². The van der Waals surface area contributed by atoms with Crippen molar-refractivity contribution in [2.24, 2.45) is 0 Å². The number of hydrogen-bond acceptors (Lipinski definition) is 4. The van der Waals surface area contributed by atoms with Gasteiger partial charge in [0, 0.05) is 19.1 Å². The molecule has 0 saturated carbocycles. The molecule has 2 rings (SSSR count). The van der Waals surface area contributed by atoms with Crippen LogP contribution in [0.25, 0.3) is 0 Å². The van der Waals surface area contributed by atoms with E-state index in [1.165, 1.54) is 0 Å². The first-order valence-corrected chi connectivity index (χ1v) is 7.12. The zero-order chi connectivity index (χ0) is 14.2. The van der Waals surface area contributed by atoms with Gasteiger partial charge in [0.2, 0.25) is 0 Å². The Hall–Kier alpha value is -0.810. The number of morpholine rings is 2. The van der Waals surface area contributed by atoms with Crippen LogP contribution in [0, 0.1) is 0 Å². The van der Waals surface area contributed by atoms with Crippen molar-refractivity contribution in [2.45, 2.75) is 58.5 Å². The summed E-state index contributed by atoms with van der Waals surface area (Å²) in [5.41, 5.74) is -0.436. The number of rotatable bonds is 1. The van der Waals surface area contributed by atoms with Gasteiger partial charge in [0.25, 0.3) is 0 Å². The third-order valence-corrected chi connectivity index (χ3v) is 3.49. The molecule has 0 radical (unpaired) electrons. The van der Waals surface area contributed by atoms with Gasteiger partial charge in [0.15, 0.2) is 0 Å². The van der Waals surface area contributed by atoms with Crippen LogP contribution >= 0.6 is 0 Å². The summed E-state index contributed by atoms with van der Waals surface area (Å²) in [6, 6.07) is 0.530. The summed E-state index contributed by atoms with van der Waals surface area (Å²) >= 11 is 0. The van der Waals surface area contributed by atoms with Crippen LogP contribution in [0.1, 0.15) is 34.6 Å². The molecule has 0 spiro atoms. The molecule has 0 N–H and O–H groups in total. The zero-order valence-corrected chi connectivity index (χ0v) is 12.7. The number of ether oxygens (including phenoxy) is 2. The summed E-state index contributed by atoms with van der Waals surface area (Å²) < 4.78 is 11.4. The van der Waals surface area contributed by atoms with E-state index in [1.807, 2.05) is 20.8 Å². The van der Waals surface area contributed by atoms with Crippen LogP contribution in [0.4, 0.5) is 4.79 Å². The van der Waals surface area contributed by atoms with Crippen molar-refractivity contribution in [2.75, 3.05) is 26.2 Å². The Kier molecular flexibility index (Phi) is 4.06. The van der Waals surface area contributed by atoms with Crippen molar-refractivity contribution in [1.29, 1.82) is 0 Å². The summed E-state index contributed by atoms with van der Waals surface area (Å²) in [6.45, 7) is 13.1. The van der Waals surface area contributed by atoms with E-state index >= 15 is 0 Å². The molecule has 2 atom stereocenters. The van der Waals surface area contributed by atoms with Crippen molar-refractivity contribution < 1.29 is 14.3 Å². The number of hydrogen-bond donors (Lipinski definition) is 0. The predicted molar refractivity (Wildman–Crippen MR) is 73.2 cm³/mol. The molecule has 2 fully saturated rings. The van der Waals surface area contributed by atoms with Crippen molar-refractivity contribution in [1.82, 2.24) is 9.80 Å². The highest BCUT2D eigenvalue weighted by molar-refractivity contribution is 5.68. The van der Waals surface area contributed by atoms with Crippen LogP contribution in [0.2, 0.25) is 0 Å². The Morgan fingerprint density at radius 3 is 2.11 bits per heavy atom. The second-order valence-corrected chi connectivity index (χ2v) is 6.81. The standard InChI is InChI=1S/C14H26N2O3/c1-10(2)15-6-11-8-16(9-12(7-15)18-11)13(17)19-14(3,4)5/h10-12H,6-9H2,1-5H3. The Labute approximate surface area is 115 Å². The van der Waals surface area contributed by atoms with E-state index in [0.29, 0.717) is 19.1 Å². The van der Waals surface area contributed by atoms with Gasteiger partial charge in [0.1, 0.15) is 5.60 Å². The quantitative estimate of drug-likeness (QED) is 0.727. The van der Waals surface area contributed by atoms with E-state index < -0.39 is 5.60 Å².